The van der Waals surface area contributed by atoms with Crippen LogP contribution in [0.4, 0.5) is 17.1 Å². The highest BCUT2D eigenvalue weighted by molar-refractivity contribution is 7.25. The number of aromatic nitrogens is 1. The number of nitrogens with zero attached hydrogens (tertiary/aromatic N) is 2. The van der Waals surface area contributed by atoms with Crippen molar-refractivity contribution < 1.29 is 0 Å². The number of pyridine rings is 1. The Labute approximate surface area is 259 Å². The van der Waals surface area contributed by atoms with Gasteiger partial charge in [0.1, 0.15) is 4.83 Å². The molecule has 0 spiro atoms. The van der Waals surface area contributed by atoms with Crippen molar-refractivity contribution in [2.24, 2.45) is 0 Å². The zero-order valence-corrected chi connectivity index (χ0v) is 24.6. The molecule has 0 bridgehead atoms. The maximum Gasteiger partial charge on any atom is 0.124 e. The molecule has 0 radical (unpaired) electrons. The minimum atomic E-state index is 1.08. The zero-order valence-electron chi connectivity index (χ0n) is 23.8. The summed E-state index contributed by atoms with van der Waals surface area (Å²) in [5.41, 5.74) is 5.82. The number of anilines is 3. The maximum absolute atomic E-state index is 4.62. The third-order valence-electron chi connectivity index (χ3n) is 8.71. The van der Waals surface area contributed by atoms with Crippen molar-refractivity contribution in [3.8, 4) is 11.1 Å². The van der Waals surface area contributed by atoms with Crippen LogP contribution in [-0.4, -0.2) is 4.98 Å². The van der Waals surface area contributed by atoms with Crippen LogP contribution in [0.1, 0.15) is 0 Å². The molecule has 2 nitrogen and oxygen atoms in total. The summed E-state index contributed by atoms with van der Waals surface area (Å²) in [4.78, 5) is 8.06. The van der Waals surface area contributed by atoms with Crippen LogP contribution >= 0.6 is 11.3 Å². The van der Waals surface area contributed by atoms with Crippen LogP contribution in [0.2, 0.25) is 0 Å². The standard InChI is InChI=1S/C41H26N2S/c1-2-9-30(10-3-1)43(32-22-17-29-19-23-35-33-11-5-4-8-27(33)18-24-36(35)38(29)26-32)31-20-15-28(16-21-31)34-12-6-14-39-40(34)37-13-7-25-42-41(37)44-39/h1-26H. The average molecular weight is 579 g/mol. The highest BCUT2D eigenvalue weighted by Crippen LogP contribution is 2.42. The molecule has 206 valence electrons. The van der Waals surface area contributed by atoms with Crippen molar-refractivity contribution in [3.63, 3.8) is 0 Å². The van der Waals surface area contributed by atoms with Gasteiger partial charge >= 0.3 is 0 Å². The van der Waals surface area contributed by atoms with Crippen molar-refractivity contribution in [2.45, 2.75) is 0 Å². The van der Waals surface area contributed by atoms with Crippen molar-refractivity contribution in [2.75, 3.05) is 4.90 Å². The highest BCUT2D eigenvalue weighted by Gasteiger charge is 2.16. The van der Waals surface area contributed by atoms with E-state index in [9.17, 15) is 0 Å². The Morgan fingerprint density at radius 3 is 2.00 bits per heavy atom. The molecule has 9 aromatic rings. The number of rotatable bonds is 4. The maximum atomic E-state index is 4.62. The van der Waals surface area contributed by atoms with Crippen molar-refractivity contribution >= 4 is 81.0 Å². The Morgan fingerprint density at radius 1 is 0.455 bits per heavy atom. The zero-order chi connectivity index (χ0) is 29.0. The molecule has 0 amide bonds. The fraction of sp³-hybridized carbons (Fsp3) is 0. The molecule has 0 aliphatic rings. The Bertz CT molecular complexity index is 2490. The minimum Gasteiger partial charge on any atom is -0.310 e. The van der Waals surface area contributed by atoms with Gasteiger partial charge in [0, 0.05) is 38.7 Å². The predicted octanol–water partition coefficient (Wildman–Crippen LogP) is 12.0. The number of benzene rings is 7. The largest absolute Gasteiger partial charge is 0.310 e. The fourth-order valence-electron chi connectivity index (χ4n) is 6.66. The van der Waals surface area contributed by atoms with Gasteiger partial charge < -0.3 is 4.90 Å². The summed E-state index contributed by atoms with van der Waals surface area (Å²) in [6, 6.07) is 54.9. The van der Waals surface area contributed by atoms with Gasteiger partial charge in [0.05, 0.1) is 0 Å². The molecule has 0 saturated heterocycles. The van der Waals surface area contributed by atoms with Gasteiger partial charge in [0.2, 0.25) is 0 Å². The van der Waals surface area contributed by atoms with Crippen LogP contribution in [0.3, 0.4) is 0 Å². The van der Waals surface area contributed by atoms with Crippen LogP contribution in [0.25, 0.3) is 63.7 Å². The van der Waals surface area contributed by atoms with E-state index in [4.69, 9.17) is 0 Å². The van der Waals surface area contributed by atoms with Crippen LogP contribution in [0.5, 0.6) is 0 Å². The summed E-state index contributed by atoms with van der Waals surface area (Å²) >= 11 is 1.76. The monoisotopic (exact) mass is 578 g/mol. The van der Waals surface area contributed by atoms with Crippen molar-refractivity contribution in [1.82, 2.24) is 4.98 Å². The fourth-order valence-corrected chi connectivity index (χ4v) is 7.73. The van der Waals surface area contributed by atoms with Gasteiger partial charge in [-0.1, -0.05) is 97.1 Å². The Balaban J connectivity index is 1.20. The molecule has 0 unspecified atom stereocenters. The lowest BCUT2D eigenvalue weighted by Crippen LogP contribution is -2.09. The smallest absolute Gasteiger partial charge is 0.124 e. The Hall–Kier alpha value is -5.51. The van der Waals surface area contributed by atoms with E-state index in [1.165, 1.54) is 58.9 Å². The number of fused-ring (bicyclic) bond motifs is 8. The molecule has 0 saturated carbocycles. The number of hydrogen-bond acceptors (Lipinski definition) is 3. The molecule has 0 fully saturated rings. The molecular formula is C41H26N2S. The van der Waals surface area contributed by atoms with Gasteiger partial charge in [-0.3, -0.25) is 0 Å². The third kappa shape index (κ3) is 3.98. The summed E-state index contributed by atoms with van der Waals surface area (Å²) in [6.45, 7) is 0. The quantitative estimate of drug-likeness (QED) is 0.193. The van der Waals surface area contributed by atoms with Crippen molar-refractivity contribution in [3.05, 3.63) is 158 Å². The molecule has 9 rings (SSSR count). The number of hydrogen-bond donors (Lipinski definition) is 0. The first-order valence-corrected chi connectivity index (χ1v) is 15.7. The molecule has 0 atom stereocenters. The van der Waals surface area contributed by atoms with Gasteiger partial charge in [-0.05, 0) is 98.0 Å². The second-order valence-electron chi connectivity index (χ2n) is 11.2. The average Bonchev–Trinajstić information content (AvgIpc) is 3.48. The summed E-state index contributed by atoms with van der Waals surface area (Å²) in [5, 5.41) is 10.1. The van der Waals surface area contributed by atoms with E-state index in [1.807, 2.05) is 12.3 Å². The first-order valence-electron chi connectivity index (χ1n) is 14.9. The lowest BCUT2D eigenvalue weighted by atomic mass is 9.96. The Kier molecular flexibility index (Phi) is 5.71. The SMILES string of the molecule is c1ccc(N(c2ccc(-c3cccc4sc5ncccc5c34)cc2)c2ccc3ccc4c5ccccc5ccc4c3c2)cc1. The molecule has 3 heteroatoms. The normalized spacial score (nSPS) is 11.6. The Morgan fingerprint density at radius 2 is 1.14 bits per heavy atom. The van der Waals surface area contributed by atoms with Crippen molar-refractivity contribution in [1.29, 1.82) is 0 Å². The molecule has 7 aromatic carbocycles. The van der Waals surface area contributed by atoms with Gasteiger partial charge in [0.25, 0.3) is 0 Å². The molecule has 2 aromatic heterocycles. The van der Waals surface area contributed by atoms with Crippen LogP contribution < -0.4 is 4.90 Å². The van der Waals surface area contributed by atoms with E-state index >= 15 is 0 Å². The summed E-state index contributed by atoms with van der Waals surface area (Å²) in [5.74, 6) is 0. The molecular weight excluding hydrogens is 553 g/mol. The lowest BCUT2D eigenvalue weighted by molar-refractivity contribution is 1.29. The molecule has 44 heavy (non-hydrogen) atoms. The third-order valence-corrected chi connectivity index (χ3v) is 9.79. The lowest BCUT2D eigenvalue weighted by Gasteiger charge is -2.26. The highest BCUT2D eigenvalue weighted by atomic mass is 32.1. The van der Waals surface area contributed by atoms with E-state index in [0.29, 0.717) is 0 Å². The summed E-state index contributed by atoms with van der Waals surface area (Å²) in [6.07, 6.45) is 1.88. The minimum absolute atomic E-state index is 1.08. The van der Waals surface area contributed by atoms with Gasteiger partial charge in [-0.15, -0.1) is 11.3 Å². The molecule has 0 N–H and O–H groups in total. The number of para-hydroxylation sites is 1. The van der Waals surface area contributed by atoms with Crippen LogP contribution in [-0.2, 0) is 0 Å². The molecule has 0 aliphatic heterocycles. The van der Waals surface area contributed by atoms with E-state index in [-0.39, 0.29) is 0 Å². The van der Waals surface area contributed by atoms with Gasteiger partial charge in [-0.2, -0.15) is 0 Å². The van der Waals surface area contributed by atoms with E-state index in [0.717, 1.165) is 21.9 Å². The second-order valence-corrected chi connectivity index (χ2v) is 12.2. The first kappa shape index (κ1) is 25.0. The van der Waals surface area contributed by atoms with E-state index in [2.05, 4.69) is 155 Å². The van der Waals surface area contributed by atoms with Crippen LogP contribution in [0, 0.1) is 0 Å². The predicted molar refractivity (Wildman–Crippen MR) is 190 cm³/mol. The van der Waals surface area contributed by atoms with E-state index < -0.39 is 0 Å². The molecule has 2 heterocycles. The van der Waals surface area contributed by atoms with E-state index in [1.54, 1.807) is 11.3 Å². The topological polar surface area (TPSA) is 16.1 Å². The summed E-state index contributed by atoms with van der Waals surface area (Å²) in [7, 11) is 0. The second kappa shape index (κ2) is 10.0. The van der Waals surface area contributed by atoms with Gasteiger partial charge in [0.15, 0.2) is 0 Å². The first-order chi connectivity index (χ1) is 21.8. The summed E-state index contributed by atoms with van der Waals surface area (Å²) < 4.78 is 1.27. The van der Waals surface area contributed by atoms with Crippen LogP contribution in [0.15, 0.2) is 158 Å². The number of thiophene rings is 1. The molecule has 0 aliphatic carbocycles. The van der Waals surface area contributed by atoms with Gasteiger partial charge in [-0.25, -0.2) is 4.98 Å².